The number of ether oxygens (including phenoxy) is 1. The summed E-state index contributed by atoms with van der Waals surface area (Å²) >= 11 is 3.37. The van der Waals surface area contributed by atoms with Gasteiger partial charge in [-0.2, -0.15) is 0 Å². The predicted molar refractivity (Wildman–Crippen MR) is 73.0 cm³/mol. The number of nitrogens with one attached hydrogen (secondary N) is 1. The summed E-state index contributed by atoms with van der Waals surface area (Å²) in [7, 11) is 1.33. The quantitative estimate of drug-likeness (QED) is 0.883. The number of methoxy groups -OCH3 is 1. The lowest BCUT2D eigenvalue weighted by molar-refractivity contribution is 0.0595. The van der Waals surface area contributed by atoms with Crippen molar-refractivity contribution in [3.8, 4) is 0 Å². The summed E-state index contributed by atoms with van der Waals surface area (Å²) in [5, 5.41) is 3.13. The lowest BCUT2D eigenvalue weighted by Gasteiger charge is -2.09. The average molecular weight is 307 g/mol. The Kier molecular flexibility index (Phi) is 3.94. The number of rotatable bonds is 3. The molecule has 0 saturated carbocycles. The van der Waals surface area contributed by atoms with Gasteiger partial charge in [0.2, 0.25) is 0 Å². The van der Waals surface area contributed by atoms with Crippen LogP contribution in [-0.2, 0) is 4.74 Å². The van der Waals surface area contributed by atoms with Gasteiger partial charge in [-0.15, -0.1) is 0 Å². The van der Waals surface area contributed by atoms with Crippen molar-refractivity contribution >= 4 is 33.3 Å². The highest BCUT2D eigenvalue weighted by molar-refractivity contribution is 9.10. The van der Waals surface area contributed by atoms with Gasteiger partial charge in [0, 0.05) is 16.4 Å². The van der Waals surface area contributed by atoms with Crippen molar-refractivity contribution in [2.75, 3.05) is 12.4 Å². The Morgan fingerprint density at radius 2 is 2.00 bits per heavy atom. The number of hydrogen-bond acceptors (Lipinski definition) is 4. The molecule has 5 heteroatoms. The summed E-state index contributed by atoms with van der Waals surface area (Å²) in [6, 6.07) is 11.2. The average Bonchev–Trinajstić information content (AvgIpc) is 2.41. The van der Waals surface area contributed by atoms with Crippen LogP contribution in [0.2, 0.25) is 0 Å². The van der Waals surface area contributed by atoms with Gasteiger partial charge < -0.3 is 10.1 Å². The van der Waals surface area contributed by atoms with Crippen LogP contribution < -0.4 is 5.32 Å². The number of nitrogens with zero attached hydrogens (tertiary/aromatic N) is 1. The highest BCUT2D eigenvalue weighted by atomic mass is 79.9. The second-order valence-electron chi connectivity index (χ2n) is 3.52. The van der Waals surface area contributed by atoms with Crippen molar-refractivity contribution < 1.29 is 9.53 Å². The number of hydrogen-bond donors (Lipinski definition) is 1. The van der Waals surface area contributed by atoms with Gasteiger partial charge in [-0.3, -0.25) is 0 Å². The van der Waals surface area contributed by atoms with E-state index in [1.807, 2.05) is 24.3 Å². The topological polar surface area (TPSA) is 51.2 Å². The monoisotopic (exact) mass is 306 g/mol. The molecule has 0 unspecified atom stereocenters. The molecule has 0 fully saturated rings. The Hall–Kier alpha value is -1.88. The molecule has 4 nitrogen and oxygen atoms in total. The van der Waals surface area contributed by atoms with Crippen LogP contribution in [0.25, 0.3) is 0 Å². The molecule has 0 aliphatic rings. The Balaban J connectivity index is 2.28. The molecule has 1 aromatic carbocycles. The first-order valence-electron chi connectivity index (χ1n) is 5.26. The molecule has 0 spiro atoms. The van der Waals surface area contributed by atoms with Crippen molar-refractivity contribution in [1.82, 2.24) is 4.98 Å². The van der Waals surface area contributed by atoms with Crippen molar-refractivity contribution in [2.45, 2.75) is 0 Å². The van der Waals surface area contributed by atoms with Crippen LogP contribution in [0.4, 0.5) is 11.4 Å². The fraction of sp³-hybridized carbons (Fsp3) is 0.0769. The zero-order chi connectivity index (χ0) is 13.0. The molecule has 1 N–H and O–H groups in total. The van der Waals surface area contributed by atoms with E-state index < -0.39 is 5.97 Å². The minimum absolute atomic E-state index is 0.267. The minimum atomic E-state index is -0.463. The fourth-order valence-electron chi connectivity index (χ4n) is 1.45. The third kappa shape index (κ3) is 2.87. The fourth-order valence-corrected chi connectivity index (χ4v) is 1.72. The van der Waals surface area contributed by atoms with E-state index >= 15 is 0 Å². The number of halogens is 1. The van der Waals surface area contributed by atoms with Crippen LogP contribution >= 0.6 is 15.9 Å². The van der Waals surface area contributed by atoms with Crippen LogP contribution in [0.15, 0.2) is 47.1 Å². The maximum atomic E-state index is 11.5. The molecular formula is C13H11BrN2O2. The first-order chi connectivity index (χ1) is 8.70. The van der Waals surface area contributed by atoms with E-state index in [2.05, 4.69) is 31.0 Å². The maximum Gasteiger partial charge on any atom is 0.358 e. The predicted octanol–water partition coefficient (Wildman–Crippen LogP) is 3.37. The molecule has 0 radical (unpaired) electrons. The zero-order valence-electron chi connectivity index (χ0n) is 9.68. The van der Waals surface area contributed by atoms with E-state index in [9.17, 15) is 4.79 Å². The number of pyridine rings is 1. The summed E-state index contributed by atoms with van der Waals surface area (Å²) in [4.78, 5) is 15.6. The smallest absolute Gasteiger partial charge is 0.358 e. The van der Waals surface area contributed by atoms with E-state index in [0.717, 1.165) is 10.2 Å². The van der Waals surface area contributed by atoms with E-state index in [0.29, 0.717) is 5.69 Å². The van der Waals surface area contributed by atoms with E-state index in [-0.39, 0.29) is 5.69 Å². The van der Waals surface area contributed by atoms with Crippen LogP contribution in [-0.4, -0.2) is 18.1 Å². The molecule has 92 valence electrons. The SMILES string of the molecule is COC(=O)c1ncccc1Nc1ccc(Br)cc1. The summed E-state index contributed by atoms with van der Waals surface area (Å²) in [5.41, 5.74) is 1.76. The summed E-state index contributed by atoms with van der Waals surface area (Å²) in [5.74, 6) is -0.463. The molecule has 0 amide bonds. The van der Waals surface area contributed by atoms with Crippen molar-refractivity contribution in [2.24, 2.45) is 0 Å². The number of benzene rings is 1. The van der Waals surface area contributed by atoms with Crippen LogP contribution in [0.5, 0.6) is 0 Å². The van der Waals surface area contributed by atoms with Gasteiger partial charge in [-0.05, 0) is 36.4 Å². The van der Waals surface area contributed by atoms with Gasteiger partial charge in [0.25, 0.3) is 0 Å². The normalized spacial score (nSPS) is 9.89. The molecular weight excluding hydrogens is 296 g/mol. The Morgan fingerprint density at radius 3 is 2.67 bits per heavy atom. The van der Waals surface area contributed by atoms with Gasteiger partial charge >= 0.3 is 5.97 Å². The van der Waals surface area contributed by atoms with E-state index in [4.69, 9.17) is 0 Å². The number of anilines is 2. The molecule has 1 aromatic heterocycles. The van der Waals surface area contributed by atoms with Crippen molar-refractivity contribution in [3.63, 3.8) is 0 Å². The van der Waals surface area contributed by atoms with Gasteiger partial charge in [0.15, 0.2) is 5.69 Å². The summed E-state index contributed by atoms with van der Waals surface area (Å²) in [6.45, 7) is 0. The number of aromatic nitrogens is 1. The standard InChI is InChI=1S/C13H11BrN2O2/c1-18-13(17)12-11(3-2-8-15-12)16-10-6-4-9(14)5-7-10/h2-8,16H,1H3. The van der Waals surface area contributed by atoms with Crippen LogP contribution in [0, 0.1) is 0 Å². The molecule has 0 atom stereocenters. The Labute approximate surface area is 113 Å². The van der Waals surface area contributed by atoms with Crippen molar-refractivity contribution in [3.05, 3.63) is 52.8 Å². The summed E-state index contributed by atoms with van der Waals surface area (Å²) in [6.07, 6.45) is 1.55. The minimum Gasteiger partial charge on any atom is -0.464 e. The second-order valence-corrected chi connectivity index (χ2v) is 4.44. The lowest BCUT2D eigenvalue weighted by Crippen LogP contribution is -2.07. The van der Waals surface area contributed by atoms with Gasteiger partial charge in [-0.25, -0.2) is 9.78 Å². The van der Waals surface area contributed by atoms with E-state index in [1.54, 1.807) is 18.3 Å². The zero-order valence-corrected chi connectivity index (χ0v) is 11.3. The summed E-state index contributed by atoms with van der Waals surface area (Å²) < 4.78 is 5.68. The third-order valence-corrected chi connectivity index (χ3v) is 2.84. The van der Waals surface area contributed by atoms with Crippen LogP contribution in [0.1, 0.15) is 10.5 Å². The number of carbonyl (C=O) groups excluding carboxylic acids is 1. The molecule has 1 heterocycles. The highest BCUT2D eigenvalue weighted by Crippen LogP contribution is 2.21. The number of carbonyl (C=O) groups is 1. The molecule has 0 bridgehead atoms. The highest BCUT2D eigenvalue weighted by Gasteiger charge is 2.12. The lowest BCUT2D eigenvalue weighted by atomic mass is 10.2. The first-order valence-corrected chi connectivity index (χ1v) is 6.06. The molecule has 18 heavy (non-hydrogen) atoms. The molecule has 0 aliphatic heterocycles. The Morgan fingerprint density at radius 1 is 1.28 bits per heavy atom. The largest absolute Gasteiger partial charge is 0.464 e. The Bertz CT molecular complexity index is 555. The van der Waals surface area contributed by atoms with Gasteiger partial charge in [-0.1, -0.05) is 15.9 Å². The van der Waals surface area contributed by atoms with Crippen molar-refractivity contribution in [1.29, 1.82) is 0 Å². The number of esters is 1. The molecule has 2 aromatic rings. The van der Waals surface area contributed by atoms with Crippen LogP contribution in [0.3, 0.4) is 0 Å². The molecule has 0 saturated heterocycles. The second kappa shape index (κ2) is 5.64. The van der Waals surface area contributed by atoms with Gasteiger partial charge in [0.1, 0.15) is 0 Å². The molecule has 2 rings (SSSR count). The first kappa shape index (κ1) is 12.6. The molecule has 0 aliphatic carbocycles. The third-order valence-electron chi connectivity index (χ3n) is 2.31. The van der Waals surface area contributed by atoms with E-state index in [1.165, 1.54) is 7.11 Å². The maximum absolute atomic E-state index is 11.5. The van der Waals surface area contributed by atoms with Gasteiger partial charge in [0.05, 0.1) is 12.8 Å².